The number of H-pyrrole nitrogens is 1. The van der Waals surface area contributed by atoms with Gasteiger partial charge in [-0.25, -0.2) is 0 Å². The van der Waals surface area contributed by atoms with Crippen LogP contribution in [0.5, 0.6) is 0 Å². The average molecular weight is 368 g/mol. The molecule has 5 rings (SSSR count). The molecule has 2 aromatic heterocycles. The number of hydrogen-bond acceptors (Lipinski definition) is 2. The van der Waals surface area contributed by atoms with Gasteiger partial charge in [0.15, 0.2) is 0 Å². The summed E-state index contributed by atoms with van der Waals surface area (Å²) in [5.74, 6) is 0.533. The first kappa shape index (κ1) is 15.7. The Morgan fingerprint density at radius 1 is 1.12 bits per heavy atom. The molecule has 0 spiro atoms. The maximum Gasteiger partial charge on any atom is 0.270 e. The van der Waals surface area contributed by atoms with Gasteiger partial charge in [0.1, 0.15) is 5.69 Å². The Hall–Kier alpha value is -2.53. The number of amides is 1. The molecule has 1 fully saturated rings. The molecule has 132 valence electrons. The van der Waals surface area contributed by atoms with E-state index in [0.717, 1.165) is 23.0 Å². The second kappa shape index (κ2) is 5.74. The first-order chi connectivity index (χ1) is 12.6. The van der Waals surface area contributed by atoms with E-state index < -0.39 is 0 Å². The smallest absolute Gasteiger partial charge is 0.270 e. The minimum atomic E-state index is -0.00121. The summed E-state index contributed by atoms with van der Waals surface area (Å²) in [6.45, 7) is 2.01. The molecule has 1 saturated heterocycles. The predicted octanol–water partition coefficient (Wildman–Crippen LogP) is 3.24. The molecule has 1 aromatic carbocycles. The lowest BCUT2D eigenvalue weighted by molar-refractivity contribution is 0.0589. The quantitative estimate of drug-likeness (QED) is 0.717. The fourth-order valence-corrected chi connectivity index (χ4v) is 4.70. The van der Waals surface area contributed by atoms with Crippen molar-refractivity contribution in [3.8, 4) is 0 Å². The highest BCUT2D eigenvalue weighted by atomic mass is 35.5. The van der Waals surface area contributed by atoms with Crippen LogP contribution in [0, 0.1) is 5.92 Å². The van der Waals surface area contributed by atoms with Gasteiger partial charge in [-0.1, -0.05) is 23.7 Å². The number of benzene rings is 1. The zero-order valence-corrected chi connectivity index (χ0v) is 14.9. The van der Waals surface area contributed by atoms with E-state index in [1.807, 2.05) is 45.9 Å². The van der Waals surface area contributed by atoms with E-state index in [4.69, 9.17) is 11.6 Å². The highest BCUT2D eigenvalue weighted by Gasteiger charge is 2.36. The molecule has 5 nitrogen and oxygen atoms in total. The van der Waals surface area contributed by atoms with Crippen LogP contribution >= 0.6 is 11.6 Å². The third kappa shape index (κ3) is 2.38. The van der Waals surface area contributed by atoms with Crippen molar-refractivity contribution in [3.63, 3.8) is 0 Å². The number of piperidine rings is 1. The molecule has 1 amide bonds. The van der Waals surface area contributed by atoms with E-state index in [1.54, 1.807) is 6.07 Å². The van der Waals surface area contributed by atoms with Crippen molar-refractivity contribution in [2.24, 2.45) is 5.92 Å². The summed E-state index contributed by atoms with van der Waals surface area (Å²) in [7, 11) is 0. The first-order valence-corrected chi connectivity index (χ1v) is 9.24. The summed E-state index contributed by atoms with van der Waals surface area (Å²) in [4.78, 5) is 30.3. The second-order valence-electron chi connectivity index (χ2n) is 7.29. The zero-order valence-electron chi connectivity index (χ0n) is 14.1. The monoisotopic (exact) mass is 367 g/mol. The molecule has 2 bridgehead atoms. The summed E-state index contributed by atoms with van der Waals surface area (Å²) in [5, 5.41) is 1.51. The Bertz CT molecular complexity index is 1080. The molecule has 2 atom stereocenters. The van der Waals surface area contributed by atoms with Gasteiger partial charge in [0.05, 0.1) is 0 Å². The van der Waals surface area contributed by atoms with E-state index in [2.05, 4.69) is 4.98 Å². The summed E-state index contributed by atoms with van der Waals surface area (Å²) in [5.41, 5.74) is 2.54. The fourth-order valence-electron chi connectivity index (χ4n) is 4.47. The van der Waals surface area contributed by atoms with Gasteiger partial charge in [-0.3, -0.25) is 9.59 Å². The molecule has 2 unspecified atom stereocenters. The molecule has 0 saturated carbocycles. The molecular formula is C20H18ClN3O2. The SMILES string of the molecule is O=C(c1cc2c(Cl)cccc2[nH]1)N1CC2CC(C1)c1cccc(=O)n1C2. The lowest BCUT2D eigenvalue weighted by Gasteiger charge is -2.42. The van der Waals surface area contributed by atoms with Crippen LogP contribution in [0.2, 0.25) is 5.02 Å². The van der Waals surface area contributed by atoms with Crippen LogP contribution in [0.4, 0.5) is 0 Å². The molecule has 2 aliphatic heterocycles. The lowest BCUT2D eigenvalue weighted by atomic mass is 9.83. The molecule has 0 radical (unpaired) electrons. The van der Waals surface area contributed by atoms with Gasteiger partial charge in [-0.2, -0.15) is 0 Å². The van der Waals surface area contributed by atoms with Crippen molar-refractivity contribution in [2.75, 3.05) is 13.1 Å². The van der Waals surface area contributed by atoms with Crippen molar-refractivity contribution < 1.29 is 4.79 Å². The number of carbonyl (C=O) groups excluding carboxylic acids is 1. The molecule has 26 heavy (non-hydrogen) atoms. The number of aromatic amines is 1. The van der Waals surface area contributed by atoms with Crippen molar-refractivity contribution in [3.05, 3.63) is 69.2 Å². The zero-order chi connectivity index (χ0) is 17.8. The molecule has 6 heteroatoms. The summed E-state index contributed by atoms with van der Waals surface area (Å²) < 4.78 is 1.88. The summed E-state index contributed by atoms with van der Waals surface area (Å²) in [6.07, 6.45) is 1.03. The maximum atomic E-state index is 13.1. The summed E-state index contributed by atoms with van der Waals surface area (Å²) >= 11 is 6.23. The van der Waals surface area contributed by atoms with Crippen LogP contribution in [-0.2, 0) is 6.54 Å². The number of halogens is 1. The number of fused-ring (bicyclic) bond motifs is 5. The number of nitrogens with zero attached hydrogens (tertiary/aromatic N) is 2. The lowest BCUT2D eigenvalue weighted by Crippen LogP contribution is -2.49. The third-order valence-electron chi connectivity index (χ3n) is 5.61. The van der Waals surface area contributed by atoms with Crippen LogP contribution in [0.3, 0.4) is 0 Å². The molecule has 4 heterocycles. The standard InChI is InChI=1S/C20H18ClN3O2/c21-15-3-1-4-16-14(15)8-17(22-16)20(26)23-9-12-7-13(11-23)18-5-2-6-19(25)24(18)10-12/h1-6,8,12-13,22H,7,9-11H2. The maximum absolute atomic E-state index is 13.1. The van der Waals surface area contributed by atoms with Crippen LogP contribution in [0.25, 0.3) is 10.9 Å². The largest absolute Gasteiger partial charge is 0.350 e. The van der Waals surface area contributed by atoms with E-state index >= 15 is 0 Å². The number of rotatable bonds is 1. The molecule has 2 aliphatic rings. The highest BCUT2D eigenvalue weighted by molar-refractivity contribution is 6.35. The van der Waals surface area contributed by atoms with Crippen LogP contribution in [0.15, 0.2) is 47.3 Å². The minimum Gasteiger partial charge on any atom is -0.350 e. The van der Waals surface area contributed by atoms with E-state index in [9.17, 15) is 9.59 Å². The minimum absolute atomic E-state index is 0.00121. The van der Waals surface area contributed by atoms with Gasteiger partial charge < -0.3 is 14.5 Å². The Labute approximate surface area is 155 Å². The predicted molar refractivity (Wildman–Crippen MR) is 101 cm³/mol. The third-order valence-corrected chi connectivity index (χ3v) is 5.94. The van der Waals surface area contributed by atoms with Gasteiger partial charge >= 0.3 is 0 Å². The Morgan fingerprint density at radius 3 is 2.81 bits per heavy atom. The van der Waals surface area contributed by atoms with Crippen molar-refractivity contribution in [1.29, 1.82) is 0 Å². The topological polar surface area (TPSA) is 58.1 Å². The number of hydrogen-bond donors (Lipinski definition) is 1. The van der Waals surface area contributed by atoms with Crippen molar-refractivity contribution >= 4 is 28.4 Å². The van der Waals surface area contributed by atoms with E-state index in [0.29, 0.717) is 36.3 Å². The number of pyridine rings is 1. The number of carbonyl (C=O) groups is 1. The van der Waals surface area contributed by atoms with Crippen molar-refractivity contribution in [2.45, 2.75) is 18.9 Å². The molecule has 1 N–H and O–H groups in total. The molecular weight excluding hydrogens is 350 g/mol. The normalized spacial score (nSPS) is 21.7. The first-order valence-electron chi connectivity index (χ1n) is 8.86. The summed E-state index contributed by atoms with van der Waals surface area (Å²) in [6, 6.07) is 12.9. The van der Waals surface area contributed by atoms with Gasteiger partial charge in [-0.05, 0) is 36.6 Å². The highest BCUT2D eigenvalue weighted by Crippen LogP contribution is 2.35. The molecule has 0 aliphatic carbocycles. The van der Waals surface area contributed by atoms with Gasteiger partial charge in [0.2, 0.25) is 0 Å². The second-order valence-corrected chi connectivity index (χ2v) is 7.70. The van der Waals surface area contributed by atoms with Crippen molar-refractivity contribution in [1.82, 2.24) is 14.5 Å². The van der Waals surface area contributed by atoms with Gasteiger partial charge in [-0.15, -0.1) is 0 Å². The Kier molecular flexibility index (Phi) is 3.47. The number of aromatic nitrogens is 2. The van der Waals surface area contributed by atoms with E-state index in [-0.39, 0.29) is 17.4 Å². The number of nitrogens with one attached hydrogen (secondary N) is 1. The van der Waals surface area contributed by atoms with Gasteiger partial charge in [0, 0.05) is 53.2 Å². The van der Waals surface area contributed by atoms with Gasteiger partial charge in [0.25, 0.3) is 11.5 Å². The molecule has 3 aromatic rings. The fraction of sp³-hybridized carbons (Fsp3) is 0.300. The van der Waals surface area contributed by atoms with Crippen LogP contribution in [0.1, 0.15) is 28.5 Å². The van der Waals surface area contributed by atoms with E-state index in [1.165, 1.54) is 0 Å². The Morgan fingerprint density at radius 2 is 1.96 bits per heavy atom. The number of likely N-dealkylation sites (tertiary alicyclic amines) is 1. The Balaban J connectivity index is 1.47. The average Bonchev–Trinajstić information content (AvgIpc) is 3.08. The van der Waals surface area contributed by atoms with Crippen LogP contribution < -0.4 is 5.56 Å². The van der Waals surface area contributed by atoms with Crippen LogP contribution in [-0.4, -0.2) is 33.4 Å².